The monoisotopic (exact) mass is 466 g/mol. The minimum Gasteiger partial charge on any atom is -0.348 e. The largest absolute Gasteiger partial charge is 0.348 e. The first-order valence-corrected chi connectivity index (χ1v) is 12.1. The number of para-hydroxylation sites is 1. The molecule has 178 valence electrons. The maximum Gasteiger partial charge on any atom is 0.254 e. The second-order valence-corrected chi connectivity index (χ2v) is 9.31. The minimum absolute atomic E-state index is 0.0193. The second-order valence-electron chi connectivity index (χ2n) is 9.31. The quantitative estimate of drug-likeness (QED) is 0.450. The highest BCUT2D eigenvalue weighted by Gasteiger charge is 2.24. The highest BCUT2D eigenvalue weighted by atomic mass is 16.2. The lowest BCUT2D eigenvalue weighted by atomic mass is 9.98. The van der Waals surface area contributed by atoms with Gasteiger partial charge in [-0.2, -0.15) is 0 Å². The van der Waals surface area contributed by atoms with Gasteiger partial charge in [0.05, 0.1) is 23.3 Å². The first-order valence-electron chi connectivity index (χ1n) is 12.1. The summed E-state index contributed by atoms with van der Waals surface area (Å²) in [5.74, 6) is 0.107. The second kappa shape index (κ2) is 9.84. The molecule has 1 fully saturated rings. The molecule has 0 radical (unpaired) electrons. The van der Waals surface area contributed by atoms with E-state index in [0.717, 1.165) is 45.9 Å². The highest BCUT2D eigenvalue weighted by Crippen LogP contribution is 2.31. The Morgan fingerprint density at radius 2 is 1.60 bits per heavy atom. The molecular formula is C29H30N4O2. The molecule has 1 aromatic heterocycles. The van der Waals surface area contributed by atoms with Crippen molar-refractivity contribution in [3.8, 4) is 11.3 Å². The van der Waals surface area contributed by atoms with Crippen LogP contribution >= 0.6 is 0 Å². The van der Waals surface area contributed by atoms with Gasteiger partial charge in [0.25, 0.3) is 5.91 Å². The predicted molar refractivity (Wildman–Crippen MR) is 140 cm³/mol. The topological polar surface area (TPSA) is 56.8 Å². The van der Waals surface area contributed by atoms with Gasteiger partial charge in [-0.25, -0.2) is 4.98 Å². The van der Waals surface area contributed by atoms with Crippen LogP contribution < -0.4 is 0 Å². The normalized spacial score (nSPS) is 14.7. The molecule has 6 nitrogen and oxygen atoms in total. The predicted octanol–water partition coefficient (Wildman–Crippen LogP) is 4.29. The SMILES string of the molecule is CN(C)C(=O)CN1CCCN(C(=O)c2cc(-c3cccc4ccccc34)nc3ccccc23)CC1. The molecule has 0 unspecified atom stereocenters. The number of carbonyl (C=O) groups is 2. The standard InChI is InChI=1S/C29H30N4O2/c1-31(2)28(34)20-32-15-8-16-33(18-17-32)29(35)25-19-27(30-26-14-6-5-12-24(25)26)23-13-7-10-21-9-3-4-11-22(21)23/h3-7,9-14,19H,8,15-18,20H2,1-2H3. The van der Waals surface area contributed by atoms with E-state index in [1.807, 2.05) is 53.4 Å². The number of nitrogens with zero attached hydrogens (tertiary/aromatic N) is 4. The van der Waals surface area contributed by atoms with Gasteiger partial charge in [0.1, 0.15) is 0 Å². The zero-order chi connectivity index (χ0) is 24.4. The van der Waals surface area contributed by atoms with Crippen LogP contribution in [0.4, 0.5) is 0 Å². The van der Waals surface area contributed by atoms with E-state index < -0.39 is 0 Å². The summed E-state index contributed by atoms with van der Waals surface area (Å²) in [4.78, 5) is 36.6. The van der Waals surface area contributed by atoms with Crippen LogP contribution in [0.1, 0.15) is 16.8 Å². The molecule has 0 N–H and O–H groups in total. The lowest BCUT2D eigenvalue weighted by Crippen LogP contribution is -2.39. The lowest BCUT2D eigenvalue weighted by Gasteiger charge is -2.23. The number of hydrogen-bond acceptors (Lipinski definition) is 4. The Labute approximate surface area is 205 Å². The molecule has 0 atom stereocenters. The van der Waals surface area contributed by atoms with Gasteiger partial charge in [0.15, 0.2) is 0 Å². The molecule has 2 heterocycles. The van der Waals surface area contributed by atoms with E-state index in [2.05, 4.69) is 29.2 Å². The maximum absolute atomic E-state index is 13.9. The summed E-state index contributed by atoms with van der Waals surface area (Å²) in [6.07, 6.45) is 0.839. The fourth-order valence-electron chi connectivity index (χ4n) is 4.77. The number of hydrogen-bond donors (Lipinski definition) is 0. The van der Waals surface area contributed by atoms with Gasteiger partial charge in [0, 0.05) is 51.2 Å². The summed E-state index contributed by atoms with van der Waals surface area (Å²) in [5, 5.41) is 3.13. The van der Waals surface area contributed by atoms with Crippen molar-refractivity contribution in [2.45, 2.75) is 6.42 Å². The van der Waals surface area contributed by atoms with Gasteiger partial charge in [-0.15, -0.1) is 0 Å². The first kappa shape index (κ1) is 23.0. The van der Waals surface area contributed by atoms with E-state index in [0.29, 0.717) is 31.7 Å². The molecule has 1 aliphatic rings. The Kier molecular flexibility index (Phi) is 6.47. The molecule has 0 saturated carbocycles. The van der Waals surface area contributed by atoms with Crippen LogP contribution in [0.2, 0.25) is 0 Å². The molecule has 5 rings (SSSR count). The van der Waals surface area contributed by atoms with E-state index in [1.165, 1.54) is 0 Å². The van der Waals surface area contributed by atoms with Gasteiger partial charge >= 0.3 is 0 Å². The fourth-order valence-corrected chi connectivity index (χ4v) is 4.77. The Balaban J connectivity index is 1.49. The molecule has 4 aromatic rings. The Hall–Kier alpha value is -3.77. The van der Waals surface area contributed by atoms with E-state index in [4.69, 9.17) is 4.98 Å². The number of benzene rings is 3. The molecule has 1 saturated heterocycles. The molecule has 0 spiro atoms. The number of pyridine rings is 1. The van der Waals surface area contributed by atoms with E-state index in [1.54, 1.807) is 19.0 Å². The first-order chi connectivity index (χ1) is 17.0. The number of amides is 2. The zero-order valence-corrected chi connectivity index (χ0v) is 20.3. The molecule has 35 heavy (non-hydrogen) atoms. The van der Waals surface area contributed by atoms with Crippen molar-refractivity contribution in [3.05, 3.63) is 78.4 Å². The fraction of sp³-hybridized carbons (Fsp3) is 0.276. The minimum atomic E-state index is 0.0193. The van der Waals surface area contributed by atoms with Crippen molar-refractivity contribution in [3.63, 3.8) is 0 Å². The summed E-state index contributed by atoms with van der Waals surface area (Å²) < 4.78 is 0. The summed E-state index contributed by atoms with van der Waals surface area (Å²) in [6.45, 7) is 3.15. The van der Waals surface area contributed by atoms with Gasteiger partial charge in [0.2, 0.25) is 5.91 Å². The van der Waals surface area contributed by atoms with Gasteiger partial charge in [-0.1, -0.05) is 60.7 Å². The van der Waals surface area contributed by atoms with Crippen molar-refractivity contribution in [1.82, 2.24) is 19.7 Å². The van der Waals surface area contributed by atoms with Crippen LogP contribution in [-0.2, 0) is 4.79 Å². The number of likely N-dealkylation sites (N-methyl/N-ethyl adjacent to an activating group) is 1. The average molecular weight is 467 g/mol. The molecule has 0 bridgehead atoms. The Morgan fingerprint density at radius 1 is 0.857 bits per heavy atom. The molecular weight excluding hydrogens is 436 g/mol. The summed E-state index contributed by atoms with van der Waals surface area (Å²) >= 11 is 0. The van der Waals surface area contributed by atoms with Gasteiger partial charge in [-0.05, 0) is 29.3 Å². The number of fused-ring (bicyclic) bond motifs is 2. The smallest absolute Gasteiger partial charge is 0.254 e. The van der Waals surface area contributed by atoms with Crippen LogP contribution in [0.15, 0.2) is 72.8 Å². The molecule has 0 aliphatic carbocycles. The Bertz CT molecular complexity index is 1390. The molecule has 1 aliphatic heterocycles. The van der Waals surface area contributed by atoms with Crippen molar-refractivity contribution in [1.29, 1.82) is 0 Å². The summed E-state index contributed by atoms with van der Waals surface area (Å²) in [7, 11) is 3.55. The number of rotatable bonds is 4. The molecule has 6 heteroatoms. The highest BCUT2D eigenvalue weighted by molar-refractivity contribution is 6.08. The van der Waals surface area contributed by atoms with Crippen LogP contribution in [0, 0.1) is 0 Å². The number of aromatic nitrogens is 1. The maximum atomic E-state index is 13.9. The van der Waals surface area contributed by atoms with E-state index >= 15 is 0 Å². The van der Waals surface area contributed by atoms with Crippen LogP contribution in [0.25, 0.3) is 32.9 Å². The van der Waals surface area contributed by atoms with Crippen molar-refractivity contribution in [2.75, 3.05) is 46.8 Å². The summed E-state index contributed by atoms with van der Waals surface area (Å²) in [6, 6.07) is 24.3. The van der Waals surface area contributed by atoms with Gasteiger partial charge in [-0.3, -0.25) is 14.5 Å². The lowest BCUT2D eigenvalue weighted by molar-refractivity contribution is -0.129. The van der Waals surface area contributed by atoms with Crippen molar-refractivity contribution >= 4 is 33.5 Å². The molecule has 2 amide bonds. The third-order valence-corrected chi connectivity index (χ3v) is 6.75. The van der Waals surface area contributed by atoms with E-state index in [9.17, 15) is 9.59 Å². The van der Waals surface area contributed by atoms with Crippen LogP contribution in [0.3, 0.4) is 0 Å². The van der Waals surface area contributed by atoms with Gasteiger partial charge < -0.3 is 9.80 Å². The number of carbonyl (C=O) groups excluding carboxylic acids is 2. The van der Waals surface area contributed by atoms with Crippen LogP contribution in [0.5, 0.6) is 0 Å². The molecule has 3 aromatic carbocycles. The third kappa shape index (κ3) is 4.75. The zero-order valence-electron chi connectivity index (χ0n) is 20.3. The average Bonchev–Trinajstić information content (AvgIpc) is 3.12. The van der Waals surface area contributed by atoms with E-state index in [-0.39, 0.29) is 11.8 Å². The Morgan fingerprint density at radius 3 is 2.43 bits per heavy atom. The van der Waals surface area contributed by atoms with Crippen molar-refractivity contribution in [2.24, 2.45) is 0 Å². The van der Waals surface area contributed by atoms with Crippen LogP contribution in [-0.4, -0.2) is 78.3 Å². The van der Waals surface area contributed by atoms with Crippen molar-refractivity contribution < 1.29 is 9.59 Å². The third-order valence-electron chi connectivity index (χ3n) is 6.75. The summed E-state index contributed by atoms with van der Waals surface area (Å²) in [5.41, 5.74) is 3.31.